The van der Waals surface area contributed by atoms with Crippen LogP contribution >= 0.6 is 23.1 Å². The number of nitrogens with one attached hydrogen (secondary N) is 1. The summed E-state index contributed by atoms with van der Waals surface area (Å²) in [6, 6.07) is -0.768. The molecule has 1 amide bonds. The number of nitrogens with zero attached hydrogens (tertiary/aromatic N) is 2. The first kappa shape index (κ1) is 15.2. The Balaban J connectivity index is 2.57. The zero-order chi connectivity index (χ0) is 13.8. The zero-order valence-electron chi connectivity index (χ0n) is 9.32. The Morgan fingerprint density at radius 3 is 2.72 bits per heavy atom. The number of hydrogen-bond acceptors (Lipinski definition) is 6. The van der Waals surface area contributed by atoms with Crippen LogP contribution in [0.15, 0.2) is 0 Å². The van der Waals surface area contributed by atoms with E-state index in [1.165, 1.54) is 11.8 Å². The molecule has 0 aromatic carbocycles. The molecule has 1 rings (SSSR count). The molecular formula is C8H11F3N4OS2. The van der Waals surface area contributed by atoms with Crippen LogP contribution in [0.1, 0.15) is 11.4 Å². The van der Waals surface area contributed by atoms with Gasteiger partial charge in [-0.25, -0.2) is 0 Å². The first-order chi connectivity index (χ1) is 8.34. The van der Waals surface area contributed by atoms with Crippen molar-refractivity contribution in [2.75, 3.05) is 17.3 Å². The minimum absolute atomic E-state index is 0.202. The third-order valence-electron chi connectivity index (χ3n) is 1.87. The summed E-state index contributed by atoms with van der Waals surface area (Å²) in [7, 11) is 0. The molecule has 10 heteroatoms. The third-order valence-corrected chi connectivity index (χ3v) is 3.39. The number of nitrogens with two attached hydrogens (primary N) is 1. The lowest BCUT2D eigenvalue weighted by Gasteiger charge is -2.08. The fourth-order valence-electron chi connectivity index (χ4n) is 0.962. The quantitative estimate of drug-likeness (QED) is 0.863. The highest BCUT2D eigenvalue weighted by molar-refractivity contribution is 7.98. The smallest absolute Gasteiger partial charge is 0.320 e. The average molecular weight is 300 g/mol. The maximum absolute atomic E-state index is 12.2. The summed E-state index contributed by atoms with van der Waals surface area (Å²) in [5.41, 5.74) is 5.55. The van der Waals surface area contributed by atoms with Crippen molar-refractivity contribution in [3.63, 3.8) is 0 Å². The Morgan fingerprint density at radius 1 is 1.56 bits per heavy atom. The third kappa shape index (κ3) is 4.42. The molecule has 0 fully saturated rings. The van der Waals surface area contributed by atoms with Crippen LogP contribution < -0.4 is 11.1 Å². The molecule has 1 aromatic rings. The molecule has 0 aliphatic carbocycles. The second-order valence-corrected chi connectivity index (χ2v) is 5.25. The fraction of sp³-hybridized carbons (Fsp3) is 0.625. The molecule has 1 heterocycles. The van der Waals surface area contributed by atoms with E-state index in [4.69, 9.17) is 5.73 Å². The number of hydrogen-bond donors (Lipinski definition) is 2. The zero-order valence-corrected chi connectivity index (χ0v) is 11.0. The molecule has 5 nitrogen and oxygen atoms in total. The van der Waals surface area contributed by atoms with Crippen LogP contribution in [0.2, 0.25) is 0 Å². The van der Waals surface area contributed by atoms with Gasteiger partial charge in [0.15, 0.2) is 0 Å². The van der Waals surface area contributed by atoms with E-state index in [0.29, 0.717) is 12.2 Å². The normalized spacial score (nSPS) is 13.4. The van der Waals surface area contributed by atoms with Crippen LogP contribution in [0.25, 0.3) is 0 Å². The van der Waals surface area contributed by atoms with Crippen molar-refractivity contribution >= 4 is 34.1 Å². The number of alkyl halides is 3. The largest absolute Gasteiger partial charge is 0.445 e. The molecule has 0 spiro atoms. The predicted octanol–water partition coefficient (Wildman–Crippen LogP) is 1.58. The second kappa shape index (κ2) is 6.34. The van der Waals surface area contributed by atoms with E-state index in [-0.39, 0.29) is 16.5 Å². The maximum Gasteiger partial charge on any atom is 0.445 e. The summed E-state index contributed by atoms with van der Waals surface area (Å²) in [5, 5.41) is 7.10. The van der Waals surface area contributed by atoms with Gasteiger partial charge in [0.25, 0.3) is 0 Å². The number of aromatic nitrogens is 2. The summed E-state index contributed by atoms with van der Waals surface area (Å²) in [6.07, 6.45) is -2.25. The summed E-state index contributed by atoms with van der Waals surface area (Å²) in [4.78, 5) is 11.5. The van der Waals surface area contributed by atoms with E-state index < -0.39 is 23.1 Å². The number of carbonyl (C=O) groups excluding carboxylic acids is 1. The van der Waals surface area contributed by atoms with Crippen LogP contribution in [0.3, 0.4) is 0 Å². The molecule has 0 bridgehead atoms. The van der Waals surface area contributed by atoms with Gasteiger partial charge in [-0.3, -0.25) is 10.1 Å². The maximum atomic E-state index is 12.2. The number of halogens is 3. The Morgan fingerprint density at radius 2 is 2.22 bits per heavy atom. The van der Waals surface area contributed by atoms with Gasteiger partial charge < -0.3 is 5.73 Å². The molecule has 0 unspecified atom stereocenters. The van der Waals surface area contributed by atoms with E-state index in [9.17, 15) is 18.0 Å². The molecule has 0 saturated carbocycles. The van der Waals surface area contributed by atoms with Gasteiger partial charge in [0.2, 0.25) is 16.0 Å². The van der Waals surface area contributed by atoms with Crippen LogP contribution in [0, 0.1) is 0 Å². The molecule has 1 aromatic heterocycles. The molecule has 0 saturated heterocycles. The Labute approximate surface area is 109 Å². The molecule has 1 atom stereocenters. The van der Waals surface area contributed by atoms with Crippen LogP contribution in [-0.4, -0.2) is 34.2 Å². The standard InChI is InChI=1S/C8H11F3N4OS2/c1-17-3-2-4(12)5(16)13-7-15-14-6(18-7)8(9,10)11/h4H,2-3,12H2,1H3,(H,13,15,16)/t4-/m0/s1. The fourth-order valence-corrected chi connectivity index (χ4v) is 2.07. The van der Waals surface area contributed by atoms with Gasteiger partial charge in [-0.15, -0.1) is 10.2 Å². The number of anilines is 1. The predicted molar refractivity (Wildman–Crippen MR) is 64.5 cm³/mol. The number of carbonyl (C=O) groups is 1. The monoisotopic (exact) mass is 300 g/mol. The molecule has 0 radical (unpaired) electrons. The summed E-state index contributed by atoms with van der Waals surface area (Å²) < 4.78 is 36.7. The van der Waals surface area contributed by atoms with Gasteiger partial charge in [0.1, 0.15) is 0 Å². The van der Waals surface area contributed by atoms with E-state index >= 15 is 0 Å². The lowest BCUT2D eigenvalue weighted by molar-refractivity contribution is -0.138. The minimum atomic E-state index is -4.55. The first-order valence-corrected chi connectivity index (χ1v) is 7.01. The summed E-state index contributed by atoms with van der Waals surface area (Å²) >= 11 is 1.80. The highest BCUT2D eigenvalue weighted by Crippen LogP contribution is 2.32. The molecule has 3 N–H and O–H groups in total. The molecule has 0 aliphatic rings. The van der Waals surface area contributed by atoms with E-state index in [2.05, 4.69) is 15.5 Å². The average Bonchev–Trinajstić information content (AvgIpc) is 2.73. The van der Waals surface area contributed by atoms with Gasteiger partial charge in [-0.1, -0.05) is 11.3 Å². The van der Waals surface area contributed by atoms with Gasteiger partial charge in [0, 0.05) is 0 Å². The van der Waals surface area contributed by atoms with Crippen LogP contribution in [0.5, 0.6) is 0 Å². The minimum Gasteiger partial charge on any atom is -0.320 e. The van der Waals surface area contributed by atoms with Gasteiger partial charge >= 0.3 is 6.18 Å². The summed E-state index contributed by atoms with van der Waals surface area (Å²) in [6.45, 7) is 0. The van der Waals surface area contributed by atoms with Crippen LogP contribution in [0.4, 0.5) is 18.3 Å². The van der Waals surface area contributed by atoms with Crippen molar-refractivity contribution in [3.05, 3.63) is 5.01 Å². The van der Waals surface area contributed by atoms with E-state index in [1.807, 2.05) is 6.26 Å². The van der Waals surface area contributed by atoms with Crippen molar-refractivity contribution < 1.29 is 18.0 Å². The summed E-state index contributed by atoms with van der Waals surface area (Å²) in [5.74, 6) is 0.132. The Bertz CT molecular complexity index is 409. The Kier molecular flexibility index (Phi) is 5.35. The van der Waals surface area contributed by atoms with E-state index in [1.54, 1.807) is 0 Å². The SMILES string of the molecule is CSCC[C@H](N)C(=O)Nc1nnc(C(F)(F)F)s1. The van der Waals surface area contributed by atoms with Gasteiger partial charge in [0.05, 0.1) is 6.04 Å². The highest BCUT2D eigenvalue weighted by atomic mass is 32.2. The number of amides is 1. The van der Waals surface area contributed by atoms with Crippen molar-refractivity contribution in [1.82, 2.24) is 10.2 Å². The van der Waals surface area contributed by atoms with Crippen molar-refractivity contribution in [1.29, 1.82) is 0 Å². The molecule has 18 heavy (non-hydrogen) atoms. The number of rotatable bonds is 5. The second-order valence-electron chi connectivity index (χ2n) is 3.29. The molecule has 102 valence electrons. The van der Waals surface area contributed by atoms with Crippen molar-refractivity contribution in [3.8, 4) is 0 Å². The molecular weight excluding hydrogens is 289 g/mol. The van der Waals surface area contributed by atoms with E-state index in [0.717, 1.165) is 0 Å². The Hall–Kier alpha value is -0.870. The van der Waals surface area contributed by atoms with Crippen LogP contribution in [-0.2, 0) is 11.0 Å². The topological polar surface area (TPSA) is 80.9 Å². The lowest BCUT2D eigenvalue weighted by Crippen LogP contribution is -2.36. The van der Waals surface area contributed by atoms with Crippen molar-refractivity contribution in [2.24, 2.45) is 5.73 Å². The molecule has 0 aliphatic heterocycles. The van der Waals surface area contributed by atoms with Crippen molar-refractivity contribution in [2.45, 2.75) is 18.6 Å². The first-order valence-electron chi connectivity index (χ1n) is 4.80. The number of thioether (sulfide) groups is 1. The van der Waals surface area contributed by atoms with Gasteiger partial charge in [-0.05, 0) is 18.4 Å². The van der Waals surface area contributed by atoms with Gasteiger partial charge in [-0.2, -0.15) is 24.9 Å². The lowest BCUT2D eigenvalue weighted by atomic mass is 10.2. The highest BCUT2D eigenvalue weighted by Gasteiger charge is 2.35.